The van der Waals surface area contributed by atoms with Crippen molar-refractivity contribution >= 4 is 5.69 Å². The first-order valence-electron chi connectivity index (χ1n) is 5.34. The van der Waals surface area contributed by atoms with Crippen LogP contribution in [0.15, 0.2) is 18.5 Å². The van der Waals surface area contributed by atoms with Crippen molar-refractivity contribution in [2.45, 2.75) is 26.8 Å². The van der Waals surface area contributed by atoms with E-state index in [0.29, 0.717) is 5.69 Å². The first-order valence-corrected chi connectivity index (χ1v) is 5.34. The quantitative estimate of drug-likeness (QED) is 0.848. The summed E-state index contributed by atoms with van der Waals surface area (Å²) in [5.74, 6) is 0. The molecule has 5 heteroatoms. The SMILES string of the molecule is CCCn1nncc1-c1nccc(C)c1N. The molecule has 0 saturated heterocycles. The van der Waals surface area contributed by atoms with Crippen LogP contribution < -0.4 is 5.73 Å². The molecule has 0 fully saturated rings. The average Bonchev–Trinajstić information content (AvgIpc) is 2.71. The fourth-order valence-corrected chi connectivity index (χ4v) is 1.59. The second-order valence-electron chi connectivity index (χ2n) is 3.73. The number of nitrogens with two attached hydrogens (primary N) is 1. The van der Waals surface area contributed by atoms with Crippen LogP contribution in [-0.4, -0.2) is 20.0 Å². The van der Waals surface area contributed by atoms with Crippen molar-refractivity contribution in [3.8, 4) is 11.4 Å². The molecule has 2 heterocycles. The summed E-state index contributed by atoms with van der Waals surface area (Å²) in [5.41, 5.74) is 9.37. The van der Waals surface area contributed by atoms with Gasteiger partial charge in [0.15, 0.2) is 0 Å². The average molecular weight is 217 g/mol. The molecular weight excluding hydrogens is 202 g/mol. The molecule has 0 unspecified atom stereocenters. The molecule has 0 radical (unpaired) electrons. The van der Waals surface area contributed by atoms with E-state index in [-0.39, 0.29) is 0 Å². The Labute approximate surface area is 94.3 Å². The highest BCUT2D eigenvalue weighted by Crippen LogP contribution is 2.24. The zero-order chi connectivity index (χ0) is 11.5. The lowest BCUT2D eigenvalue weighted by Gasteiger charge is -2.08. The van der Waals surface area contributed by atoms with Crippen molar-refractivity contribution in [3.05, 3.63) is 24.0 Å². The molecule has 0 amide bonds. The molecule has 2 aromatic heterocycles. The lowest BCUT2D eigenvalue weighted by Crippen LogP contribution is -2.04. The van der Waals surface area contributed by atoms with Crippen LogP contribution in [-0.2, 0) is 6.54 Å². The maximum absolute atomic E-state index is 6.01. The lowest BCUT2D eigenvalue weighted by molar-refractivity contribution is 0.583. The van der Waals surface area contributed by atoms with E-state index >= 15 is 0 Å². The van der Waals surface area contributed by atoms with E-state index in [1.807, 2.05) is 17.7 Å². The van der Waals surface area contributed by atoms with Crippen molar-refractivity contribution < 1.29 is 0 Å². The molecule has 0 aliphatic rings. The number of aromatic nitrogens is 4. The monoisotopic (exact) mass is 217 g/mol. The van der Waals surface area contributed by atoms with Crippen LogP contribution in [0.3, 0.4) is 0 Å². The van der Waals surface area contributed by atoms with Crippen LogP contribution >= 0.6 is 0 Å². The van der Waals surface area contributed by atoms with Gasteiger partial charge in [0.1, 0.15) is 11.4 Å². The number of pyridine rings is 1. The molecule has 0 aliphatic heterocycles. The Hall–Kier alpha value is -1.91. The Morgan fingerprint density at radius 1 is 1.44 bits per heavy atom. The predicted molar refractivity (Wildman–Crippen MR) is 62.7 cm³/mol. The summed E-state index contributed by atoms with van der Waals surface area (Å²) in [6.07, 6.45) is 4.46. The predicted octanol–water partition coefficient (Wildman–Crippen LogP) is 1.64. The van der Waals surface area contributed by atoms with Gasteiger partial charge in [-0.1, -0.05) is 12.1 Å². The molecule has 0 bridgehead atoms. The minimum Gasteiger partial charge on any atom is -0.397 e. The van der Waals surface area contributed by atoms with Gasteiger partial charge in [-0.2, -0.15) is 0 Å². The third-order valence-corrected chi connectivity index (χ3v) is 2.50. The van der Waals surface area contributed by atoms with Crippen LogP contribution in [0.4, 0.5) is 5.69 Å². The van der Waals surface area contributed by atoms with Gasteiger partial charge in [0, 0.05) is 12.7 Å². The van der Waals surface area contributed by atoms with E-state index in [9.17, 15) is 0 Å². The Bertz CT molecular complexity index is 489. The first-order chi connectivity index (χ1) is 7.74. The van der Waals surface area contributed by atoms with Gasteiger partial charge in [-0.3, -0.25) is 4.98 Å². The summed E-state index contributed by atoms with van der Waals surface area (Å²) in [5, 5.41) is 7.93. The van der Waals surface area contributed by atoms with E-state index in [1.165, 1.54) is 0 Å². The molecule has 2 aromatic rings. The van der Waals surface area contributed by atoms with Crippen LogP contribution in [0.25, 0.3) is 11.4 Å². The molecule has 0 spiro atoms. The summed E-state index contributed by atoms with van der Waals surface area (Å²) in [6, 6.07) is 1.90. The summed E-state index contributed by atoms with van der Waals surface area (Å²) in [6.45, 7) is 4.89. The Morgan fingerprint density at radius 3 is 3.00 bits per heavy atom. The fraction of sp³-hybridized carbons (Fsp3) is 0.364. The largest absolute Gasteiger partial charge is 0.397 e. The molecule has 0 aliphatic carbocycles. The molecule has 5 nitrogen and oxygen atoms in total. The summed E-state index contributed by atoms with van der Waals surface area (Å²) < 4.78 is 1.83. The van der Waals surface area contributed by atoms with Crippen LogP contribution in [0, 0.1) is 6.92 Å². The number of anilines is 1. The Kier molecular flexibility index (Phi) is 2.85. The van der Waals surface area contributed by atoms with Crippen LogP contribution in [0.5, 0.6) is 0 Å². The number of aryl methyl sites for hydroxylation is 2. The number of hydrogen-bond donors (Lipinski definition) is 1. The standard InChI is InChI=1S/C11H15N5/c1-3-6-16-9(7-14-15-16)11-10(12)8(2)4-5-13-11/h4-5,7H,3,6,12H2,1-2H3. The van der Waals surface area contributed by atoms with E-state index in [2.05, 4.69) is 22.2 Å². The van der Waals surface area contributed by atoms with Gasteiger partial charge < -0.3 is 5.73 Å². The Morgan fingerprint density at radius 2 is 2.25 bits per heavy atom. The minimum atomic E-state index is 0.696. The van der Waals surface area contributed by atoms with E-state index in [0.717, 1.165) is 29.9 Å². The van der Waals surface area contributed by atoms with E-state index in [1.54, 1.807) is 12.4 Å². The fourth-order valence-electron chi connectivity index (χ4n) is 1.59. The van der Waals surface area contributed by atoms with Gasteiger partial charge in [0.2, 0.25) is 0 Å². The topological polar surface area (TPSA) is 69.6 Å². The summed E-state index contributed by atoms with van der Waals surface area (Å²) >= 11 is 0. The van der Waals surface area contributed by atoms with Gasteiger partial charge in [0.25, 0.3) is 0 Å². The van der Waals surface area contributed by atoms with Crippen LogP contribution in [0.1, 0.15) is 18.9 Å². The maximum Gasteiger partial charge on any atom is 0.113 e. The zero-order valence-corrected chi connectivity index (χ0v) is 9.51. The molecular formula is C11H15N5. The molecule has 84 valence electrons. The molecule has 16 heavy (non-hydrogen) atoms. The molecule has 2 rings (SSSR count). The lowest BCUT2D eigenvalue weighted by atomic mass is 10.1. The molecule has 0 aromatic carbocycles. The molecule has 2 N–H and O–H groups in total. The van der Waals surface area contributed by atoms with Gasteiger partial charge >= 0.3 is 0 Å². The highest BCUT2D eigenvalue weighted by molar-refractivity contribution is 5.71. The Balaban J connectivity index is 2.50. The number of hydrogen-bond acceptors (Lipinski definition) is 4. The number of rotatable bonds is 3. The van der Waals surface area contributed by atoms with Crippen molar-refractivity contribution in [3.63, 3.8) is 0 Å². The highest BCUT2D eigenvalue weighted by Gasteiger charge is 2.11. The third kappa shape index (κ3) is 1.76. The van der Waals surface area contributed by atoms with Crippen molar-refractivity contribution in [1.29, 1.82) is 0 Å². The third-order valence-electron chi connectivity index (χ3n) is 2.50. The molecule has 0 atom stereocenters. The van der Waals surface area contributed by atoms with Gasteiger partial charge in [0.05, 0.1) is 11.9 Å². The molecule has 0 saturated carbocycles. The van der Waals surface area contributed by atoms with Gasteiger partial charge in [-0.15, -0.1) is 5.10 Å². The van der Waals surface area contributed by atoms with E-state index in [4.69, 9.17) is 5.73 Å². The highest BCUT2D eigenvalue weighted by atomic mass is 15.4. The van der Waals surface area contributed by atoms with Crippen molar-refractivity contribution in [1.82, 2.24) is 20.0 Å². The summed E-state index contributed by atoms with van der Waals surface area (Å²) in [7, 11) is 0. The second-order valence-corrected chi connectivity index (χ2v) is 3.73. The number of nitrogen functional groups attached to an aromatic ring is 1. The van der Waals surface area contributed by atoms with E-state index < -0.39 is 0 Å². The first kappa shape index (κ1) is 10.6. The van der Waals surface area contributed by atoms with Crippen molar-refractivity contribution in [2.24, 2.45) is 0 Å². The maximum atomic E-state index is 6.01. The zero-order valence-electron chi connectivity index (χ0n) is 9.51. The smallest absolute Gasteiger partial charge is 0.113 e. The van der Waals surface area contributed by atoms with Gasteiger partial charge in [-0.05, 0) is 25.0 Å². The number of nitrogens with zero attached hydrogens (tertiary/aromatic N) is 4. The second kappa shape index (κ2) is 4.30. The summed E-state index contributed by atoms with van der Waals surface area (Å²) in [4.78, 5) is 4.30. The minimum absolute atomic E-state index is 0.696. The normalized spacial score (nSPS) is 10.6. The van der Waals surface area contributed by atoms with Crippen LogP contribution in [0.2, 0.25) is 0 Å². The van der Waals surface area contributed by atoms with Crippen molar-refractivity contribution in [2.75, 3.05) is 5.73 Å². The van der Waals surface area contributed by atoms with Gasteiger partial charge in [-0.25, -0.2) is 4.68 Å².